The van der Waals surface area contributed by atoms with Crippen molar-refractivity contribution in [2.24, 2.45) is 5.92 Å². The van der Waals surface area contributed by atoms with E-state index in [1.165, 1.54) is 50.1 Å². The lowest BCUT2D eigenvalue weighted by atomic mass is 9.81. The van der Waals surface area contributed by atoms with Crippen LogP contribution in [0.15, 0.2) is 17.5 Å². The average molecular weight is 307 g/mol. The van der Waals surface area contributed by atoms with Crippen LogP contribution >= 0.6 is 11.3 Å². The number of nitrogens with zero attached hydrogens (tertiary/aromatic N) is 1. The molecule has 1 atom stereocenters. The number of rotatable bonds is 6. The Bertz CT molecular complexity index is 448. The molecule has 118 valence electrons. The standard InChI is InChI=1S/C18H30N2S/c1-4-18(5-2)13-19-17(3,15-8-9-15)14-20(18)11-10-16-7-6-12-21-16/h6-7,12,15,19H,4-5,8-11,13-14H2,1-3H3. The summed E-state index contributed by atoms with van der Waals surface area (Å²) in [5, 5.41) is 6.14. The van der Waals surface area contributed by atoms with E-state index >= 15 is 0 Å². The van der Waals surface area contributed by atoms with Gasteiger partial charge in [-0.2, -0.15) is 0 Å². The Morgan fingerprint density at radius 2 is 2.10 bits per heavy atom. The van der Waals surface area contributed by atoms with Crippen LogP contribution in [0.25, 0.3) is 0 Å². The van der Waals surface area contributed by atoms with Crippen molar-refractivity contribution >= 4 is 11.3 Å². The predicted molar refractivity (Wildman–Crippen MR) is 92.0 cm³/mol. The summed E-state index contributed by atoms with van der Waals surface area (Å²) in [7, 11) is 0. The maximum Gasteiger partial charge on any atom is 0.0329 e. The van der Waals surface area contributed by atoms with Crippen LogP contribution in [-0.2, 0) is 6.42 Å². The van der Waals surface area contributed by atoms with Gasteiger partial charge in [-0.15, -0.1) is 11.3 Å². The highest BCUT2D eigenvalue weighted by molar-refractivity contribution is 7.09. The van der Waals surface area contributed by atoms with Gasteiger partial charge in [0.25, 0.3) is 0 Å². The van der Waals surface area contributed by atoms with Crippen LogP contribution in [0.1, 0.15) is 51.3 Å². The SMILES string of the molecule is CCC1(CC)CNC(C)(C2CC2)CN1CCc1cccs1. The minimum Gasteiger partial charge on any atom is -0.308 e. The molecule has 1 aromatic heterocycles. The van der Waals surface area contributed by atoms with Gasteiger partial charge in [0, 0.05) is 35.6 Å². The van der Waals surface area contributed by atoms with Crippen molar-refractivity contribution in [3.8, 4) is 0 Å². The van der Waals surface area contributed by atoms with Crippen LogP contribution < -0.4 is 5.32 Å². The first-order chi connectivity index (χ1) is 10.1. The zero-order valence-corrected chi connectivity index (χ0v) is 14.6. The third-order valence-corrected chi connectivity index (χ3v) is 6.95. The van der Waals surface area contributed by atoms with Gasteiger partial charge in [-0.3, -0.25) is 4.90 Å². The molecule has 21 heavy (non-hydrogen) atoms. The molecule has 1 saturated heterocycles. The fraction of sp³-hybridized carbons (Fsp3) is 0.778. The maximum absolute atomic E-state index is 3.93. The normalized spacial score (nSPS) is 29.7. The summed E-state index contributed by atoms with van der Waals surface area (Å²) >= 11 is 1.90. The summed E-state index contributed by atoms with van der Waals surface area (Å²) in [5.41, 5.74) is 0.717. The van der Waals surface area contributed by atoms with Crippen LogP contribution in [0.3, 0.4) is 0 Å². The second kappa shape index (κ2) is 6.02. The van der Waals surface area contributed by atoms with Gasteiger partial charge < -0.3 is 5.32 Å². The molecule has 1 aliphatic heterocycles. The van der Waals surface area contributed by atoms with E-state index in [1.54, 1.807) is 0 Å². The first-order valence-corrected chi connectivity index (χ1v) is 9.52. The summed E-state index contributed by atoms with van der Waals surface area (Å²) in [6.45, 7) is 10.8. The van der Waals surface area contributed by atoms with Gasteiger partial charge in [0.15, 0.2) is 0 Å². The molecule has 1 unspecified atom stereocenters. The van der Waals surface area contributed by atoms with Crippen molar-refractivity contribution in [2.45, 2.75) is 64.0 Å². The molecule has 1 aromatic rings. The largest absolute Gasteiger partial charge is 0.308 e. The topological polar surface area (TPSA) is 15.3 Å². The van der Waals surface area contributed by atoms with Crippen molar-refractivity contribution < 1.29 is 0 Å². The van der Waals surface area contributed by atoms with Crippen molar-refractivity contribution in [3.63, 3.8) is 0 Å². The number of hydrogen-bond donors (Lipinski definition) is 1. The number of piperazine rings is 1. The van der Waals surface area contributed by atoms with Crippen molar-refractivity contribution in [2.75, 3.05) is 19.6 Å². The fourth-order valence-electron chi connectivity index (χ4n) is 4.06. The Balaban J connectivity index is 1.72. The molecule has 3 rings (SSSR count). The Hall–Kier alpha value is -0.380. The van der Waals surface area contributed by atoms with E-state index in [0.717, 1.165) is 12.5 Å². The van der Waals surface area contributed by atoms with E-state index < -0.39 is 0 Å². The summed E-state index contributed by atoms with van der Waals surface area (Å²) in [6, 6.07) is 4.46. The Morgan fingerprint density at radius 1 is 1.33 bits per heavy atom. The minimum atomic E-state index is 0.350. The molecule has 0 spiro atoms. The number of nitrogens with one attached hydrogen (secondary N) is 1. The van der Waals surface area contributed by atoms with E-state index in [-0.39, 0.29) is 0 Å². The lowest BCUT2D eigenvalue weighted by Gasteiger charge is -2.54. The average Bonchev–Trinajstić information content (AvgIpc) is 3.24. The third-order valence-electron chi connectivity index (χ3n) is 6.01. The maximum atomic E-state index is 3.93. The van der Waals surface area contributed by atoms with E-state index in [4.69, 9.17) is 0 Å². The van der Waals surface area contributed by atoms with Crippen molar-refractivity contribution in [3.05, 3.63) is 22.4 Å². The molecule has 1 aliphatic carbocycles. The van der Waals surface area contributed by atoms with Crippen LogP contribution in [0.5, 0.6) is 0 Å². The van der Waals surface area contributed by atoms with E-state index in [2.05, 4.69) is 48.5 Å². The zero-order valence-electron chi connectivity index (χ0n) is 13.8. The molecular formula is C18H30N2S. The highest BCUT2D eigenvalue weighted by atomic mass is 32.1. The second-order valence-corrected chi connectivity index (χ2v) is 8.26. The summed E-state index contributed by atoms with van der Waals surface area (Å²) in [4.78, 5) is 4.35. The van der Waals surface area contributed by atoms with E-state index in [0.29, 0.717) is 11.1 Å². The van der Waals surface area contributed by atoms with Gasteiger partial charge in [-0.1, -0.05) is 19.9 Å². The molecule has 2 aliphatic rings. The van der Waals surface area contributed by atoms with Gasteiger partial charge in [-0.25, -0.2) is 0 Å². The molecule has 3 heteroatoms. The van der Waals surface area contributed by atoms with Crippen molar-refractivity contribution in [1.82, 2.24) is 10.2 Å². The van der Waals surface area contributed by atoms with Gasteiger partial charge in [0.1, 0.15) is 0 Å². The zero-order chi connectivity index (χ0) is 14.9. The van der Waals surface area contributed by atoms with Gasteiger partial charge in [0.05, 0.1) is 0 Å². The molecule has 2 nitrogen and oxygen atoms in total. The first-order valence-electron chi connectivity index (χ1n) is 8.64. The third kappa shape index (κ3) is 3.06. The Morgan fingerprint density at radius 3 is 2.67 bits per heavy atom. The molecule has 0 radical (unpaired) electrons. The van der Waals surface area contributed by atoms with Gasteiger partial charge >= 0.3 is 0 Å². The highest BCUT2D eigenvalue weighted by Gasteiger charge is 2.49. The quantitative estimate of drug-likeness (QED) is 0.857. The molecular weight excluding hydrogens is 276 g/mol. The monoisotopic (exact) mass is 306 g/mol. The second-order valence-electron chi connectivity index (χ2n) is 7.23. The number of hydrogen-bond acceptors (Lipinski definition) is 3. The summed E-state index contributed by atoms with van der Waals surface area (Å²) in [6.07, 6.45) is 6.56. The molecule has 1 N–H and O–H groups in total. The molecule has 0 aromatic carbocycles. The number of thiophene rings is 1. The molecule has 2 heterocycles. The lowest BCUT2D eigenvalue weighted by Crippen LogP contribution is -2.69. The molecule has 0 amide bonds. The minimum absolute atomic E-state index is 0.350. The Labute approximate surface area is 133 Å². The molecule has 0 bridgehead atoms. The van der Waals surface area contributed by atoms with Crippen LogP contribution in [-0.4, -0.2) is 35.6 Å². The van der Waals surface area contributed by atoms with Crippen molar-refractivity contribution in [1.29, 1.82) is 0 Å². The fourth-order valence-corrected chi connectivity index (χ4v) is 4.75. The van der Waals surface area contributed by atoms with Crippen LogP contribution in [0.2, 0.25) is 0 Å². The highest BCUT2D eigenvalue weighted by Crippen LogP contribution is 2.43. The molecule has 2 fully saturated rings. The Kier molecular flexibility index (Phi) is 4.45. The van der Waals surface area contributed by atoms with Crippen LogP contribution in [0.4, 0.5) is 0 Å². The van der Waals surface area contributed by atoms with E-state index in [9.17, 15) is 0 Å². The van der Waals surface area contributed by atoms with Gasteiger partial charge in [0.2, 0.25) is 0 Å². The summed E-state index contributed by atoms with van der Waals surface area (Å²) < 4.78 is 0. The van der Waals surface area contributed by atoms with E-state index in [1.807, 2.05) is 11.3 Å². The molecule has 1 saturated carbocycles. The smallest absolute Gasteiger partial charge is 0.0329 e. The van der Waals surface area contributed by atoms with Crippen LogP contribution in [0, 0.1) is 5.92 Å². The summed E-state index contributed by atoms with van der Waals surface area (Å²) in [5.74, 6) is 0.911. The van der Waals surface area contributed by atoms with Gasteiger partial charge in [-0.05, 0) is 56.4 Å². The first kappa shape index (κ1) is 15.5. The lowest BCUT2D eigenvalue weighted by molar-refractivity contribution is -0.00240. The predicted octanol–water partition coefficient (Wildman–Crippen LogP) is 3.92.